The monoisotopic (exact) mass is 458 g/mol. The molecular weight excluding hydrogens is 435 g/mol. The van der Waals surface area contributed by atoms with Crippen molar-refractivity contribution in [1.29, 1.82) is 0 Å². The number of piperidine rings is 1. The SMILES string of the molecule is O=C(Nc1ccc([N+](=O)[O-])cc1F)OCCCN1CCC(c2nc3ccccc3s2)CC1. The Hall–Kier alpha value is -3.11. The van der Waals surface area contributed by atoms with Crippen LogP contribution < -0.4 is 5.32 Å². The van der Waals surface area contributed by atoms with E-state index in [1.54, 1.807) is 11.3 Å². The van der Waals surface area contributed by atoms with Crippen molar-refractivity contribution in [3.05, 3.63) is 63.4 Å². The minimum absolute atomic E-state index is 0.155. The standard InChI is InChI=1S/C22H23FN4O4S/c23-17-14-16(27(29)30)6-7-18(17)25-22(28)31-13-3-10-26-11-8-15(9-12-26)21-24-19-4-1-2-5-20(19)32-21/h1-2,4-7,14-15H,3,8-13H2,(H,25,28). The molecule has 1 N–H and O–H groups in total. The van der Waals surface area contributed by atoms with Gasteiger partial charge in [0.1, 0.15) is 0 Å². The average molecular weight is 459 g/mol. The predicted octanol–water partition coefficient (Wildman–Crippen LogP) is 5.16. The summed E-state index contributed by atoms with van der Waals surface area (Å²) in [6, 6.07) is 11.2. The number of fused-ring (bicyclic) bond motifs is 1. The lowest BCUT2D eigenvalue weighted by Crippen LogP contribution is -2.34. The molecule has 1 aromatic heterocycles. The van der Waals surface area contributed by atoms with Crippen LogP contribution in [0.25, 0.3) is 10.2 Å². The lowest BCUT2D eigenvalue weighted by atomic mass is 9.97. The van der Waals surface area contributed by atoms with Crippen molar-refractivity contribution in [2.75, 3.05) is 31.6 Å². The number of nitrogens with one attached hydrogen (secondary N) is 1. The van der Waals surface area contributed by atoms with Crippen LogP contribution in [0.4, 0.5) is 20.6 Å². The number of nitrogens with zero attached hydrogens (tertiary/aromatic N) is 3. The lowest BCUT2D eigenvalue weighted by molar-refractivity contribution is -0.385. The second kappa shape index (κ2) is 10.0. The molecule has 0 unspecified atom stereocenters. The smallest absolute Gasteiger partial charge is 0.411 e. The van der Waals surface area contributed by atoms with Gasteiger partial charge in [-0.1, -0.05) is 12.1 Å². The minimum atomic E-state index is -0.882. The van der Waals surface area contributed by atoms with E-state index >= 15 is 0 Å². The molecular formula is C22H23FN4O4S. The van der Waals surface area contributed by atoms with Crippen molar-refractivity contribution in [2.45, 2.75) is 25.2 Å². The number of rotatable bonds is 7. The molecule has 1 aliphatic rings. The first-order valence-corrected chi connectivity index (χ1v) is 11.3. The molecule has 0 spiro atoms. The number of carbonyl (C=O) groups is 1. The Kier molecular flexibility index (Phi) is 6.91. The second-order valence-corrected chi connectivity index (χ2v) is 8.73. The summed E-state index contributed by atoms with van der Waals surface area (Å²) in [7, 11) is 0. The Morgan fingerprint density at radius 1 is 1.28 bits per heavy atom. The Morgan fingerprint density at radius 2 is 2.06 bits per heavy atom. The maximum Gasteiger partial charge on any atom is 0.411 e. The second-order valence-electron chi connectivity index (χ2n) is 7.67. The van der Waals surface area contributed by atoms with Crippen molar-refractivity contribution in [3.8, 4) is 0 Å². The maximum absolute atomic E-state index is 13.8. The number of amides is 1. The van der Waals surface area contributed by atoms with Gasteiger partial charge in [0.25, 0.3) is 5.69 Å². The Balaban J connectivity index is 1.16. The zero-order valence-electron chi connectivity index (χ0n) is 17.3. The van der Waals surface area contributed by atoms with Gasteiger partial charge < -0.3 is 9.64 Å². The van der Waals surface area contributed by atoms with Crippen LogP contribution >= 0.6 is 11.3 Å². The van der Waals surface area contributed by atoms with Gasteiger partial charge in [0, 0.05) is 18.5 Å². The summed E-state index contributed by atoms with van der Waals surface area (Å²) in [6.07, 6.45) is 2.00. The minimum Gasteiger partial charge on any atom is -0.449 e. The summed E-state index contributed by atoms with van der Waals surface area (Å²) in [5.41, 5.74) is 0.532. The first kappa shape index (κ1) is 22.1. The highest BCUT2D eigenvalue weighted by Crippen LogP contribution is 2.33. The highest BCUT2D eigenvalue weighted by Gasteiger charge is 2.23. The summed E-state index contributed by atoms with van der Waals surface area (Å²) >= 11 is 1.78. The largest absolute Gasteiger partial charge is 0.449 e. The molecule has 0 atom stereocenters. The van der Waals surface area contributed by atoms with E-state index in [9.17, 15) is 19.3 Å². The summed E-state index contributed by atoms with van der Waals surface area (Å²) < 4.78 is 20.2. The molecule has 32 heavy (non-hydrogen) atoms. The molecule has 1 aliphatic heterocycles. The molecule has 8 nitrogen and oxygen atoms in total. The summed E-state index contributed by atoms with van der Waals surface area (Å²) in [6.45, 7) is 2.96. The van der Waals surface area contributed by atoms with Crippen molar-refractivity contribution in [3.63, 3.8) is 0 Å². The number of carbonyl (C=O) groups excluding carboxylic acids is 1. The third kappa shape index (κ3) is 5.38. The molecule has 0 bridgehead atoms. The summed E-state index contributed by atoms with van der Waals surface area (Å²) in [5.74, 6) is -0.394. The molecule has 168 valence electrons. The van der Waals surface area contributed by atoms with Crippen molar-refractivity contribution in [2.24, 2.45) is 0 Å². The molecule has 1 fully saturated rings. The van der Waals surface area contributed by atoms with Gasteiger partial charge in [-0.05, 0) is 50.6 Å². The van der Waals surface area contributed by atoms with Gasteiger partial charge in [-0.2, -0.15) is 0 Å². The van der Waals surface area contributed by atoms with Crippen LogP contribution in [0.1, 0.15) is 30.2 Å². The predicted molar refractivity (Wildman–Crippen MR) is 121 cm³/mol. The molecule has 0 aliphatic carbocycles. The van der Waals surface area contributed by atoms with Crippen LogP contribution in [-0.4, -0.2) is 47.1 Å². The Labute approximate surface area is 188 Å². The zero-order chi connectivity index (χ0) is 22.5. The number of hydrogen-bond acceptors (Lipinski definition) is 7. The van der Waals surface area contributed by atoms with Gasteiger partial charge in [0.2, 0.25) is 0 Å². The van der Waals surface area contributed by atoms with E-state index in [-0.39, 0.29) is 18.0 Å². The van der Waals surface area contributed by atoms with Crippen molar-refractivity contribution >= 4 is 39.0 Å². The maximum atomic E-state index is 13.8. The molecule has 4 rings (SSSR count). The van der Waals surface area contributed by atoms with E-state index in [0.717, 1.165) is 56.2 Å². The van der Waals surface area contributed by atoms with Gasteiger partial charge in [0.05, 0.1) is 38.5 Å². The molecule has 0 saturated carbocycles. The normalized spacial score (nSPS) is 15.0. The molecule has 2 aromatic carbocycles. The van der Waals surface area contributed by atoms with Gasteiger partial charge >= 0.3 is 6.09 Å². The number of benzene rings is 2. The van der Waals surface area contributed by atoms with E-state index in [0.29, 0.717) is 12.3 Å². The third-order valence-electron chi connectivity index (χ3n) is 5.50. The number of anilines is 1. The highest BCUT2D eigenvalue weighted by molar-refractivity contribution is 7.18. The molecule has 2 heterocycles. The molecule has 1 saturated heterocycles. The third-order valence-corrected chi connectivity index (χ3v) is 6.70. The summed E-state index contributed by atoms with van der Waals surface area (Å²) in [4.78, 5) is 28.9. The number of halogens is 1. The highest BCUT2D eigenvalue weighted by atomic mass is 32.1. The van der Waals surface area contributed by atoms with E-state index in [1.165, 1.54) is 9.71 Å². The number of hydrogen-bond donors (Lipinski definition) is 1. The number of nitro groups is 1. The number of likely N-dealkylation sites (tertiary alicyclic amines) is 1. The number of non-ortho nitro benzene ring substituents is 1. The van der Waals surface area contributed by atoms with Crippen molar-refractivity contribution in [1.82, 2.24) is 9.88 Å². The van der Waals surface area contributed by atoms with E-state index in [2.05, 4.69) is 22.3 Å². The van der Waals surface area contributed by atoms with Crippen LogP contribution in [0, 0.1) is 15.9 Å². The number of ether oxygens (including phenoxy) is 1. The molecule has 10 heteroatoms. The van der Waals surface area contributed by atoms with Crippen LogP contribution in [0.5, 0.6) is 0 Å². The fourth-order valence-corrected chi connectivity index (χ4v) is 4.92. The van der Waals surface area contributed by atoms with Gasteiger partial charge in [0.15, 0.2) is 5.82 Å². The topological polar surface area (TPSA) is 97.6 Å². The van der Waals surface area contributed by atoms with E-state index < -0.39 is 16.8 Å². The van der Waals surface area contributed by atoms with Gasteiger partial charge in [-0.15, -0.1) is 11.3 Å². The first-order chi connectivity index (χ1) is 15.5. The van der Waals surface area contributed by atoms with Gasteiger partial charge in [-0.3, -0.25) is 15.4 Å². The molecule has 0 radical (unpaired) electrons. The van der Waals surface area contributed by atoms with E-state index in [1.807, 2.05) is 12.1 Å². The fraction of sp³-hybridized carbons (Fsp3) is 0.364. The first-order valence-electron chi connectivity index (χ1n) is 10.4. The van der Waals surface area contributed by atoms with Crippen LogP contribution in [0.2, 0.25) is 0 Å². The van der Waals surface area contributed by atoms with Crippen LogP contribution in [-0.2, 0) is 4.74 Å². The lowest BCUT2D eigenvalue weighted by Gasteiger charge is -2.30. The number of thiazole rings is 1. The fourth-order valence-electron chi connectivity index (χ4n) is 3.79. The molecule has 3 aromatic rings. The average Bonchev–Trinajstić information content (AvgIpc) is 3.23. The van der Waals surface area contributed by atoms with Crippen LogP contribution in [0.3, 0.4) is 0 Å². The Bertz CT molecular complexity index is 1080. The number of aromatic nitrogens is 1. The number of nitro benzene ring substituents is 1. The van der Waals surface area contributed by atoms with Crippen LogP contribution in [0.15, 0.2) is 42.5 Å². The molecule has 1 amide bonds. The van der Waals surface area contributed by atoms with E-state index in [4.69, 9.17) is 9.72 Å². The quantitative estimate of drug-likeness (QED) is 0.298. The van der Waals surface area contributed by atoms with Crippen molar-refractivity contribution < 1.29 is 18.8 Å². The number of para-hydroxylation sites is 1. The zero-order valence-corrected chi connectivity index (χ0v) is 18.1. The Morgan fingerprint density at radius 3 is 2.78 bits per heavy atom. The van der Waals surface area contributed by atoms with Gasteiger partial charge in [-0.25, -0.2) is 14.2 Å². The summed E-state index contributed by atoms with van der Waals surface area (Å²) in [5, 5.41) is 14.1.